The molecule has 1 amide bonds. The van der Waals surface area contributed by atoms with Gasteiger partial charge in [-0.05, 0) is 61.5 Å². The zero-order chi connectivity index (χ0) is 23.3. The predicted molar refractivity (Wildman–Crippen MR) is 130 cm³/mol. The second-order valence-electron chi connectivity index (χ2n) is 7.71. The molecule has 5 aromatic rings. The molecule has 7 nitrogen and oxygen atoms in total. The highest BCUT2D eigenvalue weighted by Gasteiger charge is 2.23. The molecule has 1 heterocycles. The number of aryl methyl sites for hydroxylation is 1. The SMILES string of the molecule is Cc1ccc(-n2nc3ccc(NC(=O)C(Oc4ccccc4)Oc4ccccc4)cc3n2)cc1. The van der Waals surface area contributed by atoms with E-state index < -0.39 is 12.2 Å². The maximum Gasteiger partial charge on any atom is 0.321 e. The van der Waals surface area contributed by atoms with Crippen LogP contribution in [0.15, 0.2) is 103 Å². The number of hydrogen-bond acceptors (Lipinski definition) is 5. The number of anilines is 1. The summed E-state index contributed by atoms with van der Waals surface area (Å²) in [5, 5.41) is 11.9. The van der Waals surface area contributed by atoms with E-state index >= 15 is 0 Å². The van der Waals surface area contributed by atoms with E-state index in [1.165, 1.54) is 0 Å². The van der Waals surface area contributed by atoms with Crippen molar-refractivity contribution in [2.24, 2.45) is 0 Å². The molecule has 0 atom stereocenters. The Morgan fingerprint density at radius 2 is 1.35 bits per heavy atom. The van der Waals surface area contributed by atoms with Crippen LogP contribution in [0.4, 0.5) is 5.69 Å². The van der Waals surface area contributed by atoms with Crippen LogP contribution in [0.25, 0.3) is 16.7 Å². The zero-order valence-electron chi connectivity index (χ0n) is 18.5. The van der Waals surface area contributed by atoms with E-state index in [-0.39, 0.29) is 0 Å². The summed E-state index contributed by atoms with van der Waals surface area (Å²) in [6, 6.07) is 31.4. The number of benzene rings is 4. The second kappa shape index (κ2) is 9.46. The largest absolute Gasteiger partial charge is 0.446 e. The third kappa shape index (κ3) is 4.88. The van der Waals surface area contributed by atoms with Crippen LogP contribution in [0, 0.1) is 6.92 Å². The van der Waals surface area contributed by atoms with Crippen LogP contribution in [-0.4, -0.2) is 27.2 Å². The molecule has 0 bridgehead atoms. The van der Waals surface area contributed by atoms with Crippen LogP contribution >= 0.6 is 0 Å². The van der Waals surface area contributed by atoms with Gasteiger partial charge in [0.2, 0.25) is 0 Å². The molecule has 0 aliphatic carbocycles. The molecule has 168 valence electrons. The molecule has 0 saturated heterocycles. The van der Waals surface area contributed by atoms with Gasteiger partial charge in [-0.3, -0.25) is 4.79 Å². The van der Waals surface area contributed by atoms with Gasteiger partial charge in [0.15, 0.2) is 0 Å². The summed E-state index contributed by atoms with van der Waals surface area (Å²) in [4.78, 5) is 14.7. The Bertz CT molecular complexity index is 1360. The van der Waals surface area contributed by atoms with Crippen molar-refractivity contribution in [2.45, 2.75) is 13.2 Å². The number of rotatable bonds is 7. The van der Waals surface area contributed by atoms with Gasteiger partial charge in [0, 0.05) is 5.69 Å². The molecular weight excluding hydrogens is 428 g/mol. The molecule has 34 heavy (non-hydrogen) atoms. The van der Waals surface area contributed by atoms with Crippen molar-refractivity contribution in [1.29, 1.82) is 0 Å². The van der Waals surface area contributed by atoms with E-state index in [0.717, 1.165) is 16.8 Å². The summed E-state index contributed by atoms with van der Waals surface area (Å²) >= 11 is 0. The summed E-state index contributed by atoms with van der Waals surface area (Å²) < 4.78 is 11.7. The molecule has 1 aromatic heterocycles. The van der Waals surface area contributed by atoms with Crippen LogP contribution < -0.4 is 14.8 Å². The number of carbonyl (C=O) groups excluding carboxylic acids is 1. The number of aromatic nitrogens is 3. The van der Waals surface area contributed by atoms with Crippen molar-refractivity contribution in [2.75, 3.05) is 5.32 Å². The Kier molecular flexibility index (Phi) is 5.90. The summed E-state index contributed by atoms with van der Waals surface area (Å²) in [6.07, 6.45) is -1.19. The van der Waals surface area contributed by atoms with Crippen LogP contribution in [0.2, 0.25) is 0 Å². The Labute approximate surface area is 196 Å². The van der Waals surface area contributed by atoms with Gasteiger partial charge in [-0.2, -0.15) is 4.80 Å². The number of nitrogens with zero attached hydrogens (tertiary/aromatic N) is 3. The maximum absolute atomic E-state index is 13.1. The Balaban J connectivity index is 1.37. The normalized spacial score (nSPS) is 10.9. The van der Waals surface area contributed by atoms with Gasteiger partial charge >= 0.3 is 12.2 Å². The van der Waals surface area contributed by atoms with Gasteiger partial charge in [0.1, 0.15) is 22.5 Å². The quantitative estimate of drug-likeness (QED) is 0.347. The number of fused-ring (bicyclic) bond motifs is 1. The number of amides is 1. The van der Waals surface area contributed by atoms with Crippen LogP contribution in [-0.2, 0) is 4.79 Å². The topological polar surface area (TPSA) is 78.3 Å². The summed E-state index contributed by atoms with van der Waals surface area (Å²) in [5.74, 6) is 0.600. The first-order valence-electron chi connectivity index (χ1n) is 10.8. The summed E-state index contributed by atoms with van der Waals surface area (Å²) in [5.41, 5.74) is 3.96. The average Bonchev–Trinajstić information content (AvgIpc) is 3.29. The van der Waals surface area contributed by atoms with Crippen molar-refractivity contribution in [3.05, 3.63) is 109 Å². The number of hydrogen-bond donors (Lipinski definition) is 1. The molecule has 0 fully saturated rings. The highest BCUT2D eigenvalue weighted by molar-refractivity contribution is 5.95. The number of para-hydroxylation sites is 2. The smallest absolute Gasteiger partial charge is 0.321 e. The van der Waals surface area contributed by atoms with Gasteiger partial charge in [-0.1, -0.05) is 54.1 Å². The lowest BCUT2D eigenvalue weighted by Gasteiger charge is -2.20. The molecule has 0 unspecified atom stereocenters. The van der Waals surface area contributed by atoms with Gasteiger partial charge in [-0.25, -0.2) is 0 Å². The number of ether oxygens (including phenoxy) is 2. The molecule has 0 saturated carbocycles. The fourth-order valence-electron chi connectivity index (χ4n) is 3.36. The first-order valence-corrected chi connectivity index (χ1v) is 10.8. The van der Waals surface area contributed by atoms with Crippen molar-refractivity contribution < 1.29 is 14.3 Å². The van der Waals surface area contributed by atoms with E-state index in [1.54, 1.807) is 41.2 Å². The minimum Gasteiger partial charge on any atom is -0.446 e. The minimum absolute atomic E-state index is 0.446. The van der Waals surface area contributed by atoms with E-state index in [1.807, 2.05) is 73.7 Å². The second-order valence-corrected chi connectivity index (χ2v) is 7.71. The Morgan fingerprint density at radius 1 is 0.765 bits per heavy atom. The van der Waals surface area contributed by atoms with Crippen LogP contribution in [0.3, 0.4) is 0 Å². The lowest BCUT2D eigenvalue weighted by Crippen LogP contribution is -2.38. The molecule has 0 spiro atoms. The Hall–Kier alpha value is -4.65. The van der Waals surface area contributed by atoms with Crippen molar-refractivity contribution >= 4 is 22.6 Å². The van der Waals surface area contributed by atoms with Crippen molar-refractivity contribution in [1.82, 2.24) is 15.0 Å². The zero-order valence-corrected chi connectivity index (χ0v) is 18.5. The first kappa shape index (κ1) is 21.2. The van der Waals surface area contributed by atoms with Crippen LogP contribution in [0.1, 0.15) is 5.56 Å². The summed E-state index contributed by atoms with van der Waals surface area (Å²) in [7, 11) is 0. The lowest BCUT2D eigenvalue weighted by atomic mass is 10.2. The fourth-order valence-corrected chi connectivity index (χ4v) is 3.36. The minimum atomic E-state index is -1.19. The van der Waals surface area contributed by atoms with E-state index in [9.17, 15) is 4.79 Å². The van der Waals surface area contributed by atoms with E-state index in [0.29, 0.717) is 22.7 Å². The fraction of sp³-hybridized carbons (Fsp3) is 0.0741. The van der Waals surface area contributed by atoms with Gasteiger partial charge in [-0.15, -0.1) is 10.2 Å². The van der Waals surface area contributed by atoms with E-state index in [4.69, 9.17) is 9.47 Å². The van der Waals surface area contributed by atoms with Gasteiger partial charge in [0.05, 0.1) is 5.69 Å². The highest BCUT2D eigenvalue weighted by atomic mass is 16.7. The van der Waals surface area contributed by atoms with Crippen LogP contribution in [0.5, 0.6) is 11.5 Å². The molecular formula is C27H22N4O3. The molecule has 4 aromatic carbocycles. The number of carbonyl (C=O) groups is 1. The summed E-state index contributed by atoms with van der Waals surface area (Å²) in [6.45, 7) is 2.03. The van der Waals surface area contributed by atoms with Gasteiger partial charge in [0.25, 0.3) is 0 Å². The van der Waals surface area contributed by atoms with Crippen molar-refractivity contribution in [3.63, 3.8) is 0 Å². The Morgan fingerprint density at radius 3 is 1.97 bits per heavy atom. The third-order valence-corrected chi connectivity index (χ3v) is 5.10. The molecule has 0 radical (unpaired) electrons. The number of nitrogens with one attached hydrogen (secondary N) is 1. The first-order chi connectivity index (χ1) is 16.6. The third-order valence-electron chi connectivity index (χ3n) is 5.10. The maximum atomic E-state index is 13.1. The molecule has 5 rings (SSSR count). The predicted octanol–water partition coefficient (Wildman–Crippen LogP) is 5.15. The van der Waals surface area contributed by atoms with Gasteiger partial charge < -0.3 is 14.8 Å². The standard InChI is InChI=1S/C27H22N4O3/c1-19-12-15-21(16-13-19)31-29-24-17-14-20(18-25(24)30-31)28-26(32)27(33-22-8-4-2-5-9-22)34-23-10-6-3-7-11-23/h2-18,27H,1H3,(H,28,32). The lowest BCUT2D eigenvalue weighted by molar-refractivity contribution is -0.134. The molecule has 7 heteroatoms. The molecule has 0 aliphatic rings. The van der Waals surface area contributed by atoms with E-state index in [2.05, 4.69) is 15.5 Å². The molecule has 0 aliphatic heterocycles. The average molecular weight is 450 g/mol. The van der Waals surface area contributed by atoms with Crippen molar-refractivity contribution in [3.8, 4) is 17.2 Å². The molecule has 1 N–H and O–H groups in total. The highest BCUT2D eigenvalue weighted by Crippen LogP contribution is 2.20. The monoisotopic (exact) mass is 450 g/mol.